The van der Waals surface area contributed by atoms with Crippen molar-refractivity contribution in [3.8, 4) is 0 Å². The van der Waals surface area contributed by atoms with Crippen molar-refractivity contribution in [1.82, 2.24) is 15.1 Å². The molecule has 1 aliphatic heterocycles. The topological polar surface area (TPSA) is 52.7 Å². The maximum absolute atomic E-state index is 12.9. The zero-order valence-corrected chi connectivity index (χ0v) is 13.4. The second-order valence-corrected chi connectivity index (χ2v) is 5.88. The van der Waals surface area contributed by atoms with Gasteiger partial charge in [0.2, 0.25) is 11.8 Å². The Morgan fingerprint density at radius 1 is 1.20 bits per heavy atom. The van der Waals surface area contributed by atoms with Gasteiger partial charge in [0, 0.05) is 20.6 Å². The molecule has 0 aromatic heterocycles. The van der Waals surface area contributed by atoms with E-state index in [2.05, 4.69) is 12.2 Å². The van der Waals surface area contributed by atoms with Gasteiger partial charge in [0.15, 0.2) is 0 Å². The molecule has 0 aromatic carbocycles. The van der Waals surface area contributed by atoms with Crippen LogP contribution in [0.3, 0.4) is 0 Å². The Morgan fingerprint density at radius 2 is 1.90 bits per heavy atom. The molecule has 116 valence electrons. The number of rotatable bonds is 7. The molecule has 1 fully saturated rings. The second-order valence-electron chi connectivity index (χ2n) is 5.88. The van der Waals surface area contributed by atoms with Gasteiger partial charge in [-0.05, 0) is 32.2 Å². The van der Waals surface area contributed by atoms with E-state index in [4.69, 9.17) is 0 Å². The Morgan fingerprint density at radius 3 is 2.35 bits per heavy atom. The van der Waals surface area contributed by atoms with E-state index in [0.717, 1.165) is 38.6 Å². The molecule has 5 nitrogen and oxygen atoms in total. The highest BCUT2D eigenvalue weighted by atomic mass is 16.2. The summed E-state index contributed by atoms with van der Waals surface area (Å²) in [6, 6.07) is 0. The van der Waals surface area contributed by atoms with Gasteiger partial charge in [-0.15, -0.1) is 0 Å². The van der Waals surface area contributed by atoms with E-state index in [9.17, 15) is 9.59 Å². The number of nitrogens with one attached hydrogen (secondary N) is 1. The quantitative estimate of drug-likeness (QED) is 0.765. The first kappa shape index (κ1) is 17.0. The fourth-order valence-electron chi connectivity index (χ4n) is 2.87. The van der Waals surface area contributed by atoms with Crippen LogP contribution in [0, 0.1) is 0 Å². The summed E-state index contributed by atoms with van der Waals surface area (Å²) >= 11 is 0. The lowest BCUT2D eigenvalue weighted by molar-refractivity contribution is -0.143. The minimum atomic E-state index is -0.434. The number of hydrogen-bond donors (Lipinski definition) is 1. The van der Waals surface area contributed by atoms with Gasteiger partial charge in [-0.25, -0.2) is 0 Å². The van der Waals surface area contributed by atoms with Crippen LogP contribution in [0.15, 0.2) is 0 Å². The first-order valence-electron chi connectivity index (χ1n) is 7.71. The van der Waals surface area contributed by atoms with E-state index < -0.39 is 5.54 Å². The van der Waals surface area contributed by atoms with E-state index in [0.29, 0.717) is 6.54 Å². The second kappa shape index (κ2) is 7.62. The number of likely N-dealkylation sites (N-methyl/N-ethyl adjacent to an activating group) is 1. The van der Waals surface area contributed by atoms with Gasteiger partial charge in [-0.2, -0.15) is 0 Å². The number of amides is 2. The fraction of sp³-hybridized carbons (Fsp3) is 0.867. The molecular weight excluding hydrogens is 254 g/mol. The minimum Gasteiger partial charge on any atom is -0.347 e. The highest BCUT2D eigenvalue weighted by Crippen LogP contribution is 2.27. The molecule has 1 aliphatic rings. The van der Waals surface area contributed by atoms with Crippen molar-refractivity contribution in [2.45, 2.75) is 51.5 Å². The molecule has 0 aromatic rings. The standard InChI is InChI=1S/C15H29N3O2/c1-5-8-15(9-7-10-16-15)14(20)18(11-6-2)12-13(19)17(3)4/h16H,5-12H2,1-4H3. The predicted molar refractivity (Wildman–Crippen MR) is 80.4 cm³/mol. The molecular formula is C15H29N3O2. The first-order valence-corrected chi connectivity index (χ1v) is 7.71. The van der Waals surface area contributed by atoms with Gasteiger partial charge >= 0.3 is 0 Å². The first-order chi connectivity index (χ1) is 9.46. The molecule has 1 rings (SSSR count). The summed E-state index contributed by atoms with van der Waals surface area (Å²) in [6.45, 7) is 5.87. The molecule has 1 heterocycles. The maximum atomic E-state index is 12.9. The van der Waals surface area contributed by atoms with Crippen molar-refractivity contribution in [3.05, 3.63) is 0 Å². The number of nitrogens with zero attached hydrogens (tertiary/aromatic N) is 2. The lowest BCUT2D eigenvalue weighted by Gasteiger charge is -2.34. The third-order valence-corrected chi connectivity index (χ3v) is 3.94. The fourth-order valence-corrected chi connectivity index (χ4v) is 2.87. The van der Waals surface area contributed by atoms with Gasteiger partial charge < -0.3 is 15.1 Å². The Labute approximate surface area is 122 Å². The zero-order valence-electron chi connectivity index (χ0n) is 13.4. The van der Waals surface area contributed by atoms with Crippen LogP contribution in [0.1, 0.15) is 46.0 Å². The number of hydrogen-bond acceptors (Lipinski definition) is 3. The Kier molecular flexibility index (Phi) is 6.46. The third-order valence-electron chi connectivity index (χ3n) is 3.94. The molecule has 0 aliphatic carbocycles. The van der Waals surface area contributed by atoms with Crippen LogP contribution < -0.4 is 5.32 Å². The molecule has 1 saturated heterocycles. The van der Waals surface area contributed by atoms with Crippen molar-refractivity contribution in [1.29, 1.82) is 0 Å². The SMILES string of the molecule is CCCN(CC(=O)N(C)C)C(=O)C1(CCC)CCCN1. The number of carbonyl (C=O) groups excluding carboxylic acids is 2. The molecule has 5 heteroatoms. The van der Waals surface area contributed by atoms with Gasteiger partial charge in [0.25, 0.3) is 0 Å². The van der Waals surface area contributed by atoms with E-state index in [1.165, 1.54) is 0 Å². The molecule has 1 unspecified atom stereocenters. The summed E-state index contributed by atoms with van der Waals surface area (Å²) in [5, 5.41) is 3.40. The van der Waals surface area contributed by atoms with Crippen LogP contribution in [0.4, 0.5) is 0 Å². The van der Waals surface area contributed by atoms with Gasteiger partial charge in [-0.3, -0.25) is 9.59 Å². The third kappa shape index (κ3) is 3.95. The maximum Gasteiger partial charge on any atom is 0.243 e. The summed E-state index contributed by atoms with van der Waals surface area (Å²) in [7, 11) is 3.46. The average molecular weight is 283 g/mol. The minimum absolute atomic E-state index is 0.0172. The highest BCUT2D eigenvalue weighted by Gasteiger charge is 2.42. The van der Waals surface area contributed by atoms with Crippen LogP contribution >= 0.6 is 0 Å². The zero-order chi connectivity index (χ0) is 15.2. The number of carbonyl (C=O) groups is 2. The summed E-state index contributed by atoms with van der Waals surface area (Å²) < 4.78 is 0. The molecule has 1 N–H and O–H groups in total. The molecule has 2 amide bonds. The smallest absolute Gasteiger partial charge is 0.243 e. The van der Waals surface area contributed by atoms with Crippen LogP contribution in [-0.4, -0.2) is 60.9 Å². The van der Waals surface area contributed by atoms with Crippen LogP contribution in [0.2, 0.25) is 0 Å². The molecule has 20 heavy (non-hydrogen) atoms. The van der Waals surface area contributed by atoms with Gasteiger partial charge in [0.05, 0.1) is 12.1 Å². The van der Waals surface area contributed by atoms with Crippen molar-refractivity contribution in [3.63, 3.8) is 0 Å². The van der Waals surface area contributed by atoms with E-state index in [1.807, 2.05) is 6.92 Å². The van der Waals surface area contributed by atoms with Crippen LogP contribution in [0.5, 0.6) is 0 Å². The predicted octanol–water partition coefficient (Wildman–Crippen LogP) is 1.24. The molecule has 1 atom stereocenters. The van der Waals surface area contributed by atoms with E-state index >= 15 is 0 Å². The summed E-state index contributed by atoms with van der Waals surface area (Å²) in [6.07, 6.45) is 4.61. The molecule has 0 saturated carbocycles. The Bertz CT molecular complexity index is 336. The lowest BCUT2D eigenvalue weighted by atomic mass is 9.90. The normalized spacial score (nSPS) is 21.8. The Balaban J connectivity index is 2.83. The summed E-state index contributed by atoms with van der Waals surface area (Å²) in [5.74, 6) is 0.0883. The molecule has 0 bridgehead atoms. The van der Waals surface area contributed by atoms with Crippen molar-refractivity contribution in [2.75, 3.05) is 33.7 Å². The summed E-state index contributed by atoms with van der Waals surface area (Å²) in [5.41, 5.74) is -0.434. The lowest BCUT2D eigenvalue weighted by Crippen LogP contribution is -2.56. The van der Waals surface area contributed by atoms with Gasteiger partial charge in [-0.1, -0.05) is 20.3 Å². The van der Waals surface area contributed by atoms with Crippen LogP contribution in [-0.2, 0) is 9.59 Å². The average Bonchev–Trinajstić information content (AvgIpc) is 2.87. The van der Waals surface area contributed by atoms with Crippen molar-refractivity contribution >= 4 is 11.8 Å². The summed E-state index contributed by atoms with van der Waals surface area (Å²) in [4.78, 5) is 28.1. The van der Waals surface area contributed by atoms with Crippen molar-refractivity contribution in [2.24, 2.45) is 0 Å². The monoisotopic (exact) mass is 283 g/mol. The van der Waals surface area contributed by atoms with E-state index in [-0.39, 0.29) is 18.4 Å². The molecule has 0 radical (unpaired) electrons. The van der Waals surface area contributed by atoms with E-state index in [1.54, 1.807) is 23.9 Å². The van der Waals surface area contributed by atoms with Crippen molar-refractivity contribution < 1.29 is 9.59 Å². The molecule has 0 spiro atoms. The largest absolute Gasteiger partial charge is 0.347 e. The highest BCUT2D eigenvalue weighted by molar-refractivity contribution is 5.90. The van der Waals surface area contributed by atoms with Gasteiger partial charge in [0.1, 0.15) is 0 Å². The Hall–Kier alpha value is -1.10. The van der Waals surface area contributed by atoms with Crippen LogP contribution in [0.25, 0.3) is 0 Å².